The van der Waals surface area contributed by atoms with Gasteiger partial charge in [0.2, 0.25) is 0 Å². The summed E-state index contributed by atoms with van der Waals surface area (Å²) in [6.45, 7) is 4.23. The molecule has 0 bridgehead atoms. The molecule has 1 atom stereocenters. The van der Waals surface area contributed by atoms with Crippen LogP contribution in [0.2, 0.25) is 0 Å². The van der Waals surface area contributed by atoms with Crippen molar-refractivity contribution in [3.05, 3.63) is 0 Å². The highest BCUT2D eigenvalue weighted by Gasteiger charge is 2.17. The fraction of sp³-hybridized carbons (Fsp3) is 0.875. The molecule has 0 spiro atoms. The lowest BCUT2D eigenvalue weighted by Gasteiger charge is -2.13. The molecule has 0 saturated carbocycles. The van der Waals surface area contributed by atoms with Gasteiger partial charge in [-0.1, -0.05) is 0 Å². The molecule has 10 heavy (non-hydrogen) atoms. The molecule has 0 radical (unpaired) electrons. The number of nitrogens with zero attached hydrogens (tertiary/aromatic N) is 2. The number of hydrogen-bond donors (Lipinski definition) is 0. The molecule has 58 valence electrons. The van der Waals surface area contributed by atoms with Gasteiger partial charge in [0, 0.05) is 18.8 Å². The Labute approximate surface area is 62.9 Å². The average molecular weight is 140 g/mol. The van der Waals surface area contributed by atoms with Crippen molar-refractivity contribution in [1.82, 2.24) is 4.90 Å². The van der Waals surface area contributed by atoms with Gasteiger partial charge in [0.25, 0.3) is 0 Å². The third kappa shape index (κ3) is 1.81. The van der Waals surface area contributed by atoms with E-state index in [1.54, 1.807) is 0 Å². The molecule has 1 rings (SSSR count). The van der Waals surface area contributed by atoms with Gasteiger partial charge in [-0.05, 0) is 33.4 Å². The third-order valence-corrected chi connectivity index (χ3v) is 2.04. The van der Waals surface area contributed by atoms with Crippen molar-refractivity contribution in [2.75, 3.05) is 20.1 Å². The first-order chi connectivity index (χ1) is 4.84. The van der Waals surface area contributed by atoms with Crippen molar-refractivity contribution in [3.63, 3.8) is 0 Å². The van der Waals surface area contributed by atoms with Gasteiger partial charge in [-0.2, -0.15) is 0 Å². The number of likely N-dealkylation sites (tertiary alicyclic amines) is 1. The standard InChI is InChI=1S/C8H16N2/c1-3-9-7-8-5-4-6-10(8)2/h7-8H,3-6H2,1-2H3. The van der Waals surface area contributed by atoms with E-state index < -0.39 is 0 Å². The molecule has 0 aliphatic carbocycles. The molecule has 1 aliphatic heterocycles. The van der Waals surface area contributed by atoms with Crippen molar-refractivity contribution in [3.8, 4) is 0 Å². The molecule has 1 aliphatic rings. The summed E-state index contributed by atoms with van der Waals surface area (Å²) in [5, 5.41) is 0. The van der Waals surface area contributed by atoms with E-state index in [0.29, 0.717) is 6.04 Å². The molecule has 1 saturated heterocycles. The van der Waals surface area contributed by atoms with Gasteiger partial charge in [-0.25, -0.2) is 0 Å². The Bertz CT molecular complexity index is 120. The summed E-state index contributed by atoms with van der Waals surface area (Å²) in [5.41, 5.74) is 0. The van der Waals surface area contributed by atoms with E-state index in [0.717, 1.165) is 6.54 Å². The number of rotatable bonds is 2. The van der Waals surface area contributed by atoms with Crippen LogP contribution in [0.3, 0.4) is 0 Å². The average Bonchev–Trinajstić information content (AvgIpc) is 2.31. The minimum absolute atomic E-state index is 0.625. The summed E-state index contributed by atoms with van der Waals surface area (Å²) in [4.78, 5) is 6.60. The van der Waals surface area contributed by atoms with Gasteiger partial charge in [0.1, 0.15) is 0 Å². The van der Waals surface area contributed by atoms with Crippen LogP contribution in [0.25, 0.3) is 0 Å². The molecule has 0 aromatic rings. The Hall–Kier alpha value is -0.370. The highest BCUT2D eigenvalue weighted by molar-refractivity contribution is 5.64. The van der Waals surface area contributed by atoms with Crippen molar-refractivity contribution in [2.24, 2.45) is 4.99 Å². The summed E-state index contributed by atoms with van der Waals surface area (Å²) in [5.74, 6) is 0. The molecule has 1 fully saturated rings. The second-order valence-corrected chi connectivity index (χ2v) is 2.84. The molecule has 0 amide bonds. The lowest BCUT2D eigenvalue weighted by atomic mass is 10.2. The summed E-state index contributed by atoms with van der Waals surface area (Å²) in [6.07, 6.45) is 4.71. The van der Waals surface area contributed by atoms with Gasteiger partial charge in [-0.3, -0.25) is 9.89 Å². The predicted molar refractivity (Wildman–Crippen MR) is 44.7 cm³/mol. The van der Waals surface area contributed by atoms with E-state index in [1.807, 2.05) is 0 Å². The quantitative estimate of drug-likeness (QED) is 0.526. The van der Waals surface area contributed by atoms with Crippen LogP contribution in [0.1, 0.15) is 19.8 Å². The second kappa shape index (κ2) is 3.71. The van der Waals surface area contributed by atoms with E-state index in [9.17, 15) is 0 Å². The van der Waals surface area contributed by atoms with Crippen LogP contribution in [-0.2, 0) is 0 Å². The van der Waals surface area contributed by atoms with E-state index in [2.05, 4.69) is 30.1 Å². The maximum absolute atomic E-state index is 4.24. The topological polar surface area (TPSA) is 15.6 Å². The summed E-state index contributed by atoms with van der Waals surface area (Å²) >= 11 is 0. The zero-order valence-electron chi connectivity index (χ0n) is 6.88. The number of aliphatic imine (C=N–C) groups is 1. The Morgan fingerprint density at radius 1 is 1.70 bits per heavy atom. The Kier molecular flexibility index (Phi) is 2.87. The first-order valence-corrected chi connectivity index (χ1v) is 4.04. The lowest BCUT2D eigenvalue weighted by Crippen LogP contribution is -2.25. The minimum atomic E-state index is 0.625. The van der Waals surface area contributed by atoms with Crippen molar-refractivity contribution >= 4 is 6.21 Å². The first-order valence-electron chi connectivity index (χ1n) is 4.04. The Morgan fingerprint density at radius 2 is 2.50 bits per heavy atom. The molecule has 0 aromatic carbocycles. The van der Waals surface area contributed by atoms with Gasteiger partial charge >= 0.3 is 0 Å². The summed E-state index contributed by atoms with van der Waals surface area (Å²) in [7, 11) is 2.17. The fourth-order valence-electron chi connectivity index (χ4n) is 1.35. The highest BCUT2D eigenvalue weighted by Crippen LogP contribution is 2.12. The van der Waals surface area contributed by atoms with Crippen LogP contribution in [0.15, 0.2) is 4.99 Å². The van der Waals surface area contributed by atoms with Crippen LogP contribution in [0, 0.1) is 0 Å². The van der Waals surface area contributed by atoms with E-state index in [-0.39, 0.29) is 0 Å². The maximum atomic E-state index is 4.24. The van der Waals surface area contributed by atoms with Crippen LogP contribution >= 0.6 is 0 Å². The summed E-state index contributed by atoms with van der Waals surface area (Å²) < 4.78 is 0. The van der Waals surface area contributed by atoms with Crippen LogP contribution < -0.4 is 0 Å². The molecule has 0 aromatic heterocycles. The summed E-state index contributed by atoms with van der Waals surface area (Å²) in [6, 6.07) is 0.625. The molecule has 2 nitrogen and oxygen atoms in total. The van der Waals surface area contributed by atoms with E-state index >= 15 is 0 Å². The molecular weight excluding hydrogens is 124 g/mol. The van der Waals surface area contributed by atoms with Crippen molar-refractivity contribution < 1.29 is 0 Å². The molecule has 0 N–H and O–H groups in total. The SMILES string of the molecule is CCN=CC1CCCN1C. The molecule has 1 heterocycles. The van der Waals surface area contributed by atoms with Crippen LogP contribution in [0.4, 0.5) is 0 Å². The number of hydrogen-bond acceptors (Lipinski definition) is 2. The normalized spacial score (nSPS) is 28.4. The smallest absolute Gasteiger partial charge is 0.0444 e. The first kappa shape index (κ1) is 7.73. The van der Waals surface area contributed by atoms with Crippen LogP contribution in [0.5, 0.6) is 0 Å². The van der Waals surface area contributed by atoms with Crippen molar-refractivity contribution in [1.29, 1.82) is 0 Å². The van der Waals surface area contributed by atoms with E-state index in [1.165, 1.54) is 19.4 Å². The van der Waals surface area contributed by atoms with Gasteiger partial charge in [0.05, 0.1) is 0 Å². The Balaban J connectivity index is 2.33. The third-order valence-electron chi connectivity index (χ3n) is 2.04. The van der Waals surface area contributed by atoms with Gasteiger partial charge in [0.15, 0.2) is 0 Å². The zero-order valence-corrected chi connectivity index (χ0v) is 6.88. The van der Waals surface area contributed by atoms with Crippen molar-refractivity contribution in [2.45, 2.75) is 25.8 Å². The minimum Gasteiger partial charge on any atom is -0.298 e. The zero-order chi connectivity index (χ0) is 7.40. The highest BCUT2D eigenvalue weighted by atomic mass is 15.1. The van der Waals surface area contributed by atoms with Crippen LogP contribution in [-0.4, -0.2) is 37.3 Å². The van der Waals surface area contributed by atoms with Gasteiger partial charge < -0.3 is 0 Å². The monoisotopic (exact) mass is 140 g/mol. The second-order valence-electron chi connectivity index (χ2n) is 2.84. The van der Waals surface area contributed by atoms with E-state index in [4.69, 9.17) is 0 Å². The van der Waals surface area contributed by atoms with Gasteiger partial charge in [-0.15, -0.1) is 0 Å². The maximum Gasteiger partial charge on any atom is 0.0444 e. The molecule has 1 unspecified atom stereocenters. The largest absolute Gasteiger partial charge is 0.298 e. The lowest BCUT2D eigenvalue weighted by molar-refractivity contribution is 0.377. The fourth-order valence-corrected chi connectivity index (χ4v) is 1.35. The predicted octanol–water partition coefficient (Wildman–Crippen LogP) is 1.17. The molecular formula is C8H16N2. The Morgan fingerprint density at radius 3 is 3.00 bits per heavy atom. The molecule has 2 heteroatoms.